The van der Waals surface area contributed by atoms with E-state index in [1.165, 1.54) is 23.2 Å². The van der Waals surface area contributed by atoms with Gasteiger partial charge in [-0.05, 0) is 36.7 Å². The average molecular weight is 289 g/mol. The van der Waals surface area contributed by atoms with Crippen LogP contribution >= 0.6 is 11.6 Å². The van der Waals surface area contributed by atoms with Gasteiger partial charge in [0.05, 0.1) is 11.9 Å². The molecule has 0 N–H and O–H groups in total. The zero-order valence-corrected chi connectivity index (χ0v) is 10.5. The van der Waals surface area contributed by atoms with Crippen molar-refractivity contribution in [2.24, 2.45) is 0 Å². The minimum absolute atomic E-state index is 0.189. The molecule has 0 aliphatic carbocycles. The van der Waals surface area contributed by atoms with Crippen LogP contribution in [-0.4, -0.2) is 14.8 Å². The summed E-state index contributed by atoms with van der Waals surface area (Å²) in [5.41, 5.74) is -0.303. The molecule has 0 atom stereocenters. The first-order valence-corrected chi connectivity index (χ1v) is 5.58. The highest BCUT2D eigenvalue weighted by atomic mass is 35.5. The Morgan fingerprint density at radius 2 is 2.00 bits per heavy atom. The summed E-state index contributed by atoms with van der Waals surface area (Å²) in [5, 5.41) is -0.940. The summed E-state index contributed by atoms with van der Waals surface area (Å²) >= 11 is 5.27. The van der Waals surface area contributed by atoms with Gasteiger partial charge >= 0.3 is 6.18 Å². The summed E-state index contributed by atoms with van der Waals surface area (Å²) in [5.74, 6) is 0. The van der Waals surface area contributed by atoms with Gasteiger partial charge in [-0.1, -0.05) is 0 Å². The lowest BCUT2D eigenvalue weighted by Crippen LogP contribution is -2.08. The number of rotatable bonds is 2. The molecule has 0 radical (unpaired) electrons. The predicted octanol–water partition coefficient (Wildman–Crippen LogP) is 3.58. The molecule has 0 aliphatic heterocycles. The van der Waals surface area contributed by atoms with Crippen molar-refractivity contribution >= 4 is 16.8 Å². The van der Waals surface area contributed by atoms with Crippen molar-refractivity contribution in [3.63, 3.8) is 0 Å². The predicted molar refractivity (Wildman–Crippen MR) is 63.5 cm³/mol. The normalized spacial score (nSPS) is 11.6. The molecule has 100 valence electrons. The van der Waals surface area contributed by atoms with E-state index in [0.717, 1.165) is 12.1 Å². The lowest BCUT2D eigenvalue weighted by molar-refractivity contribution is -0.137. The number of halogens is 4. The fourth-order valence-corrected chi connectivity index (χ4v) is 1.77. The third kappa shape index (κ3) is 2.78. The molecule has 1 aromatic heterocycles. The van der Waals surface area contributed by atoms with Gasteiger partial charge in [0.1, 0.15) is 0 Å². The maximum Gasteiger partial charge on any atom is 0.416 e. The number of benzene rings is 1. The first-order chi connectivity index (χ1) is 8.79. The number of carbonyl (C=O) groups excluding carboxylic acids is 1. The SMILES string of the molecule is Cc1cncn1-c1cc(C(=O)Cl)cc(C(F)(F)F)c1. The van der Waals surface area contributed by atoms with Gasteiger partial charge in [-0.3, -0.25) is 4.79 Å². The molecule has 1 aromatic carbocycles. The van der Waals surface area contributed by atoms with Crippen LogP contribution in [0.25, 0.3) is 5.69 Å². The molecule has 0 saturated heterocycles. The first kappa shape index (κ1) is 13.6. The summed E-state index contributed by atoms with van der Waals surface area (Å²) in [4.78, 5) is 14.9. The van der Waals surface area contributed by atoms with Crippen molar-refractivity contribution in [1.29, 1.82) is 0 Å². The molecular formula is C12H8ClF3N2O. The lowest BCUT2D eigenvalue weighted by Gasteiger charge is -2.12. The van der Waals surface area contributed by atoms with E-state index in [1.54, 1.807) is 6.92 Å². The van der Waals surface area contributed by atoms with Crippen molar-refractivity contribution in [2.45, 2.75) is 13.1 Å². The minimum Gasteiger partial charge on any atom is -0.304 e. The zero-order valence-electron chi connectivity index (χ0n) is 9.70. The molecule has 0 saturated carbocycles. The Kier molecular flexibility index (Phi) is 3.36. The number of alkyl halides is 3. The van der Waals surface area contributed by atoms with Crippen LogP contribution in [0, 0.1) is 6.92 Å². The number of carbonyl (C=O) groups is 1. The largest absolute Gasteiger partial charge is 0.416 e. The number of aryl methyl sites for hydroxylation is 1. The molecule has 0 aliphatic rings. The van der Waals surface area contributed by atoms with Gasteiger partial charge < -0.3 is 4.57 Å². The molecular weight excluding hydrogens is 281 g/mol. The van der Waals surface area contributed by atoms with E-state index < -0.39 is 17.0 Å². The van der Waals surface area contributed by atoms with Crippen molar-refractivity contribution in [2.75, 3.05) is 0 Å². The Morgan fingerprint density at radius 1 is 1.32 bits per heavy atom. The molecule has 3 nitrogen and oxygen atoms in total. The van der Waals surface area contributed by atoms with E-state index in [2.05, 4.69) is 4.98 Å². The monoisotopic (exact) mass is 288 g/mol. The fourth-order valence-electron chi connectivity index (χ4n) is 1.66. The number of aromatic nitrogens is 2. The molecule has 2 rings (SSSR count). The summed E-state index contributed by atoms with van der Waals surface area (Å²) < 4.78 is 39.8. The van der Waals surface area contributed by atoms with Gasteiger partial charge in [-0.15, -0.1) is 0 Å². The molecule has 0 unspecified atom stereocenters. The molecule has 7 heteroatoms. The Bertz CT molecular complexity index is 634. The van der Waals surface area contributed by atoms with Crippen LogP contribution in [-0.2, 0) is 6.18 Å². The maximum absolute atomic E-state index is 12.8. The zero-order chi connectivity index (χ0) is 14.2. The highest BCUT2D eigenvalue weighted by Crippen LogP contribution is 2.32. The molecule has 0 bridgehead atoms. The standard InChI is InChI=1S/C12H8ClF3N2O/c1-7-5-17-6-18(7)10-3-8(11(13)19)2-9(4-10)12(14,15)16/h2-6H,1H3. The number of nitrogens with zero attached hydrogens (tertiary/aromatic N) is 2. The van der Waals surface area contributed by atoms with Crippen molar-refractivity contribution in [1.82, 2.24) is 9.55 Å². The van der Waals surface area contributed by atoms with E-state index in [9.17, 15) is 18.0 Å². The van der Waals surface area contributed by atoms with Gasteiger partial charge in [-0.2, -0.15) is 13.2 Å². The maximum atomic E-state index is 12.8. The second-order valence-corrected chi connectivity index (χ2v) is 4.29. The third-order valence-corrected chi connectivity index (χ3v) is 2.79. The van der Waals surface area contributed by atoms with Crippen LogP contribution in [0.2, 0.25) is 0 Å². The molecule has 19 heavy (non-hydrogen) atoms. The molecule has 0 spiro atoms. The van der Waals surface area contributed by atoms with Crippen LogP contribution < -0.4 is 0 Å². The molecule has 2 aromatic rings. The highest BCUT2D eigenvalue weighted by molar-refractivity contribution is 6.67. The van der Waals surface area contributed by atoms with E-state index >= 15 is 0 Å². The summed E-state index contributed by atoms with van der Waals surface area (Å²) in [6, 6.07) is 2.96. The number of imidazole rings is 1. The van der Waals surface area contributed by atoms with Crippen molar-refractivity contribution < 1.29 is 18.0 Å². The van der Waals surface area contributed by atoms with Crippen molar-refractivity contribution in [3.8, 4) is 5.69 Å². The highest BCUT2D eigenvalue weighted by Gasteiger charge is 2.32. The van der Waals surface area contributed by atoms with Crippen molar-refractivity contribution in [3.05, 3.63) is 47.5 Å². The number of hydrogen-bond donors (Lipinski definition) is 0. The van der Waals surface area contributed by atoms with Gasteiger partial charge in [0.2, 0.25) is 0 Å². The molecule has 1 heterocycles. The van der Waals surface area contributed by atoms with Gasteiger partial charge in [-0.25, -0.2) is 4.98 Å². The Hall–Kier alpha value is -1.82. The van der Waals surface area contributed by atoms with E-state index in [-0.39, 0.29) is 11.3 Å². The molecule has 0 amide bonds. The van der Waals surface area contributed by atoms with Gasteiger partial charge in [0, 0.05) is 23.1 Å². The van der Waals surface area contributed by atoms with Crippen LogP contribution in [0.5, 0.6) is 0 Å². The van der Waals surface area contributed by atoms with Crippen LogP contribution in [0.4, 0.5) is 13.2 Å². The van der Waals surface area contributed by atoms with Gasteiger partial charge in [0.25, 0.3) is 5.24 Å². The second-order valence-electron chi connectivity index (χ2n) is 3.95. The lowest BCUT2D eigenvalue weighted by atomic mass is 10.1. The Morgan fingerprint density at radius 3 is 2.47 bits per heavy atom. The Balaban J connectivity index is 2.65. The number of hydrogen-bond acceptors (Lipinski definition) is 2. The third-order valence-electron chi connectivity index (χ3n) is 2.57. The second kappa shape index (κ2) is 4.70. The van der Waals surface area contributed by atoms with Gasteiger partial charge in [0.15, 0.2) is 0 Å². The average Bonchev–Trinajstić information content (AvgIpc) is 2.73. The smallest absolute Gasteiger partial charge is 0.304 e. The van der Waals surface area contributed by atoms with Crippen LogP contribution in [0.15, 0.2) is 30.7 Å². The molecule has 0 fully saturated rings. The van der Waals surface area contributed by atoms with E-state index in [4.69, 9.17) is 11.6 Å². The minimum atomic E-state index is -4.55. The fraction of sp³-hybridized carbons (Fsp3) is 0.167. The quantitative estimate of drug-likeness (QED) is 0.792. The van der Waals surface area contributed by atoms with E-state index in [1.807, 2.05) is 0 Å². The Labute approximate surface area is 111 Å². The topological polar surface area (TPSA) is 34.9 Å². The first-order valence-electron chi connectivity index (χ1n) is 5.20. The van der Waals surface area contributed by atoms with E-state index in [0.29, 0.717) is 5.69 Å². The summed E-state index contributed by atoms with van der Waals surface area (Å²) in [7, 11) is 0. The van der Waals surface area contributed by atoms with Crippen LogP contribution in [0.3, 0.4) is 0 Å². The summed E-state index contributed by atoms with van der Waals surface area (Å²) in [6.07, 6.45) is -1.68. The summed E-state index contributed by atoms with van der Waals surface area (Å²) in [6.45, 7) is 1.69. The van der Waals surface area contributed by atoms with Crippen LogP contribution in [0.1, 0.15) is 21.6 Å².